The lowest BCUT2D eigenvalue weighted by Gasteiger charge is -2.38. The largest absolute Gasteiger partial charge is 0.469 e. The minimum atomic E-state index is -0.248. The molecule has 23 heavy (non-hydrogen) atoms. The number of methoxy groups -OCH3 is 1. The predicted octanol–water partition coefficient (Wildman–Crippen LogP) is 3.02. The summed E-state index contributed by atoms with van der Waals surface area (Å²) in [6, 6.07) is 20.4. The summed E-state index contributed by atoms with van der Waals surface area (Å²) >= 11 is 0. The zero-order valence-electron chi connectivity index (χ0n) is 13.1. The summed E-state index contributed by atoms with van der Waals surface area (Å²) in [6.45, 7) is 0.623. The molecule has 1 fully saturated rings. The van der Waals surface area contributed by atoms with Crippen LogP contribution >= 0.6 is 0 Å². The maximum absolute atomic E-state index is 11.5. The van der Waals surface area contributed by atoms with Crippen LogP contribution < -0.4 is 5.32 Å². The highest BCUT2D eigenvalue weighted by Crippen LogP contribution is 2.36. The van der Waals surface area contributed by atoms with Gasteiger partial charge in [0.15, 0.2) is 0 Å². The summed E-state index contributed by atoms with van der Waals surface area (Å²) in [4.78, 5) is 11.5. The van der Waals surface area contributed by atoms with Crippen LogP contribution in [0.3, 0.4) is 0 Å². The third kappa shape index (κ3) is 3.78. The topological polar surface area (TPSA) is 47.6 Å². The SMILES string of the molecule is COC(=O)C[C@@H]1CN[C@H](c2ccccc2)[C@H](c2ccccc2)O1. The van der Waals surface area contributed by atoms with Gasteiger partial charge in [0, 0.05) is 6.54 Å². The van der Waals surface area contributed by atoms with E-state index < -0.39 is 0 Å². The van der Waals surface area contributed by atoms with Gasteiger partial charge in [-0.05, 0) is 11.1 Å². The molecule has 1 saturated heterocycles. The third-order valence-corrected chi connectivity index (χ3v) is 4.12. The molecule has 2 aromatic rings. The Morgan fingerprint density at radius 1 is 1.09 bits per heavy atom. The Labute approximate surface area is 136 Å². The highest BCUT2D eigenvalue weighted by Gasteiger charge is 2.33. The average Bonchev–Trinajstić information content (AvgIpc) is 2.63. The van der Waals surface area contributed by atoms with Gasteiger partial charge >= 0.3 is 5.97 Å². The maximum atomic E-state index is 11.5. The molecule has 1 N–H and O–H groups in total. The highest BCUT2D eigenvalue weighted by atomic mass is 16.5. The number of hydrogen-bond acceptors (Lipinski definition) is 4. The second kappa shape index (κ2) is 7.40. The molecule has 0 amide bonds. The van der Waals surface area contributed by atoms with E-state index in [-0.39, 0.29) is 30.6 Å². The molecule has 2 aromatic carbocycles. The maximum Gasteiger partial charge on any atom is 0.308 e. The van der Waals surface area contributed by atoms with Crippen molar-refractivity contribution in [3.05, 3.63) is 71.8 Å². The quantitative estimate of drug-likeness (QED) is 0.882. The van der Waals surface area contributed by atoms with E-state index in [1.807, 2.05) is 36.4 Å². The van der Waals surface area contributed by atoms with E-state index in [1.165, 1.54) is 12.7 Å². The molecule has 0 aliphatic carbocycles. The fourth-order valence-electron chi connectivity index (χ4n) is 2.96. The molecular formula is C19H21NO3. The lowest BCUT2D eigenvalue weighted by Crippen LogP contribution is -2.44. The molecular weight excluding hydrogens is 290 g/mol. The molecule has 0 radical (unpaired) electrons. The van der Waals surface area contributed by atoms with Crippen molar-refractivity contribution in [1.82, 2.24) is 5.32 Å². The van der Waals surface area contributed by atoms with Crippen LogP contribution in [0.4, 0.5) is 0 Å². The number of benzene rings is 2. The number of carbonyl (C=O) groups excluding carboxylic acids is 1. The summed E-state index contributed by atoms with van der Waals surface area (Å²) in [7, 11) is 1.40. The fourth-order valence-corrected chi connectivity index (χ4v) is 2.96. The molecule has 4 nitrogen and oxygen atoms in total. The van der Waals surface area contributed by atoms with Crippen molar-refractivity contribution in [3.8, 4) is 0 Å². The molecule has 4 heteroatoms. The molecule has 1 aliphatic heterocycles. The van der Waals surface area contributed by atoms with E-state index in [2.05, 4.69) is 29.6 Å². The van der Waals surface area contributed by atoms with Gasteiger partial charge in [-0.1, -0.05) is 60.7 Å². The van der Waals surface area contributed by atoms with E-state index in [0.717, 1.165) is 5.56 Å². The van der Waals surface area contributed by atoms with Crippen LogP contribution in [0.15, 0.2) is 60.7 Å². The lowest BCUT2D eigenvalue weighted by atomic mass is 9.93. The van der Waals surface area contributed by atoms with E-state index in [0.29, 0.717) is 6.54 Å². The van der Waals surface area contributed by atoms with Crippen molar-refractivity contribution >= 4 is 5.97 Å². The number of esters is 1. The number of morpholine rings is 1. The Morgan fingerprint density at radius 3 is 2.30 bits per heavy atom. The molecule has 0 aromatic heterocycles. The van der Waals surface area contributed by atoms with Gasteiger partial charge in [-0.25, -0.2) is 0 Å². The monoisotopic (exact) mass is 311 g/mol. The standard InChI is InChI=1S/C19H21NO3/c1-22-17(21)12-16-13-20-18(14-8-4-2-5-9-14)19(23-16)15-10-6-3-7-11-15/h2-11,16,18-20H,12-13H2,1H3/t16-,18-,19+/m1/s1. The summed E-state index contributed by atoms with van der Waals surface area (Å²) in [6.07, 6.45) is -0.0661. The first kappa shape index (κ1) is 15.7. The Morgan fingerprint density at radius 2 is 1.70 bits per heavy atom. The Balaban J connectivity index is 1.84. The van der Waals surface area contributed by atoms with Crippen molar-refractivity contribution in [3.63, 3.8) is 0 Å². The zero-order valence-corrected chi connectivity index (χ0v) is 13.1. The molecule has 0 unspecified atom stereocenters. The molecule has 0 bridgehead atoms. The van der Waals surface area contributed by atoms with Crippen molar-refractivity contribution in [2.45, 2.75) is 24.7 Å². The Bertz CT molecular complexity index is 630. The van der Waals surface area contributed by atoms with E-state index >= 15 is 0 Å². The van der Waals surface area contributed by atoms with Crippen molar-refractivity contribution in [1.29, 1.82) is 0 Å². The Hall–Kier alpha value is -2.17. The second-order valence-electron chi connectivity index (χ2n) is 5.67. The number of hydrogen-bond donors (Lipinski definition) is 1. The zero-order chi connectivity index (χ0) is 16.1. The van der Waals surface area contributed by atoms with Crippen molar-refractivity contribution < 1.29 is 14.3 Å². The van der Waals surface area contributed by atoms with E-state index in [9.17, 15) is 4.79 Å². The van der Waals surface area contributed by atoms with Gasteiger partial charge < -0.3 is 14.8 Å². The fraction of sp³-hybridized carbons (Fsp3) is 0.316. The first-order valence-electron chi connectivity index (χ1n) is 7.83. The molecule has 0 spiro atoms. The van der Waals surface area contributed by atoms with Crippen LogP contribution in [0.1, 0.15) is 29.7 Å². The molecule has 3 rings (SSSR count). The summed E-state index contributed by atoms with van der Waals surface area (Å²) in [5.41, 5.74) is 2.28. The number of rotatable bonds is 4. The molecule has 3 atom stereocenters. The van der Waals surface area contributed by atoms with E-state index in [1.54, 1.807) is 0 Å². The van der Waals surface area contributed by atoms with Crippen LogP contribution in [0, 0.1) is 0 Å². The minimum Gasteiger partial charge on any atom is -0.469 e. The number of nitrogens with one attached hydrogen (secondary N) is 1. The predicted molar refractivity (Wildman–Crippen MR) is 87.9 cm³/mol. The summed E-state index contributed by atoms with van der Waals surface area (Å²) < 4.78 is 11.0. The van der Waals surface area contributed by atoms with Gasteiger partial charge in [-0.15, -0.1) is 0 Å². The molecule has 120 valence electrons. The second-order valence-corrected chi connectivity index (χ2v) is 5.67. The number of carbonyl (C=O) groups is 1. The van der Waals surface area contributed by atoms with Gasteiger partial charge in [0.25, 0.3) is 0 Å². The Kier molecular flexibility index (Phi) is 5.05. The van der Waals surface area contributed by atoms with Gasteiger partial charge in [0.05, 0.1) is 25.7 Å². The third-order valence-electron chi connectivity index (χ3n) is 4.12. The van der Waals surface area contributed by atoms with E-state index in [4.69, 9.17) is 9.47 Å². The summed E-state index contributed by atoms with van der Waals surface area (Å²) in [5, 5.41) is 3.53. The number of ether oxygens (including phenoxy) is 2. The summed E-state index contributed by atoms with van der Waals surface area (Å²) in [5.74, 6) is -0.248. The highest BCUT2D eigenvalue weighted by molar-refractivity contribution is 5.69. The van der Waals surface area contributed by atoms with Gasteiger partial charge in [0.2, 0.25) is 0 Å². The van der Waals surface area contributed by atoms with Crippen molar-refractivity contribution in [2.75, 3.05) is 13.7 Å². The van der Waals surface area contributed by atoms with Crippen LogP contribution in [0.5, 0.6) is 0 Å². The van der Waals surface area contributed by atoms with Crippen molar-refractivity contribution in [2.24, 2.45) is 0 Å². The molecule has 0 saturated carbocycles. The minimum absolute atomic E-state index is 0.0625. The normalized spacial score (nSPS) is 24.1. The van der Waals surface area contributed by atoms with Gasteiger partial charge in [-0.2, -0.15) is 0 Å². The van der Waals surface area contributed by atoms with Crippen LogP contribution in [0.25, 0.3) is 0 Å². The van der Waals surface area contributed by atoms with Gasteiger partial charge in [-0.3, -0.25) is 4.79 Å². The molecule has 1 heterocycles. The average molecular weight is 311 g/mol. The smallest absolute Gasteiger partial charge is 0.308 e. The lowest BCUT2D eigenvalue weighted by molar-refractivity contribution is -0.147. The van der Waals surface area contributed by atoms with Crippen LogP contribution in [-0.4, -0.2) is 25.7 Å². The molecule has 1 aliphatic rings. The van der Waals surface area contributed by atoms with Gasteiger partial charge in [0.1, 0.15) is 6.10 Å². The first-order chi connectivity index (χ1) is 11.3. The first-order valence-corrected chi connectivity index (χ1v) is 7.83. The van der Waals surface area contributed by atoms with Crippen LogP contribution in [0.2, 0.25) is 0 Å². The van der Waals surface area contributed by atoms with Crippen LogP contribution in [-0.2, 0) is 14.3 Å².